The molecule has 124 valence electrons. The fourth-order valence-electron chi connectivity index (χ4n) is 3.70. The van der Waals surface area contributed by atoms with Gasteiger partial charge in [-0.25, -0.2) is 0 Å². The van der Waals surface area contributed by atoms with Crippen LogP contribution in [-0.2, 0) is 14.3 Å². The molecule has 2 unspecified atom stereocenters. The molecule has 0 aromatic rings. The number of rotatable bonds is 2. The average molecular weight is 309 g/mol. The lowest BCUT2D eigenvalue weighted by Crippen LogP contribution is -2.54. The van der Waals surface area contributed by atoms with Crippen molar-refractivity contribution in [3.63, 3.8) is 0 Å². The highest BCUT2D eigenvalue weighted by molar-refractivity contribution is 5.84. The monoisotopic (exact) mass is 309 g/mol. The van der Waals surface area contributed by atoms with Gasteiger partial charge in [-0.05, 0) is 32.2 Å². The molecule has 3 fully saturated rings. The van der Waals surface area contributed by atoms with Crippen molar-refractivity contribution in [3.8, 4) is 0 Å². The molecule has 6 heteroatoms. The van der Waals surface area contributed by atoms with Crippen molar-refractivity contribution in [1.29, 1.82) is 0 Å². The number of morpholine rings is 1. The second kappa shape index (κ2) is 7.42. The van der Waals surface area contributed by atoms with E-state index in [0.29, 0.717) is 32.8 Å². The molecule has 3 aliphatic rings. The van der Waals surface area contributed by atoms with E-state index in [4.69, 9.17) is 4.74 Å². The van der Waals surface area contributed by atoms with Crippen LogP contribution >= 0.6 is 0 Å². The number of piperidine rings is 2. The summed E-state index contributed by atoms with van der Waals surface area (Å²) in [4.78, 5) is 29.0. The second-order valence-corrected chi connectivity index (χ2v) is 6.56. The first kappa shape index (κ1) is 15.7. The lowest BCUT2D eigenvalue weighted by Gasteiger charge is -2.38. The van der Waals surface area contributed by atoms with Crippen LogP contribution in [0.5, 0.6) is 0 Å². The Bertz CT molecular complexity index is 367. The van der Waals surface area contributed by atoms with Crippen LogP contribution < -0.4 is 5.32 Å². The smallest absolute Gasteiger partial charge is 0.239 e. The molecule has 6 nitrogen and oxygen atoms in total. The topological polar surface area (TPSA) is 61.9 Å². The van der Waals surface area contributed by atoms with Gasteiger partial charge in [-0.1, -0.05) is 6.42 Å². The van der Waals surface area contributed by atoms with Crippen LogP contribution in [0.1, 0.15) is 32.1 Å². The first-order valence-electron chi connectivity index (χ1n) is 8.64. The molecule has 2 amide bonds. The van der Waals surface area contributed by atoms with E-state index in [1.54, 1.807) is 0 Å². The van der Waals surface area contributed by atoms with Crippen molar-refractivity contribution in [2.75, 3.05) is 45.9 Å². The largest absolute Gasteiger partial charge is 0.378 e. The summed E-state index contributed by atoms with van der Waals surface area (Å²) in [6.07, 6.45) is 5.03. The van der Waals surface area contributed by atoms with E-state index in [0.717, 1.165) is 45.2 Å². The predicted octanol–water partition coefficient (Wildman–Crippen LogP) is 0.226. The van der Waals surface area contributed by atoms with E-state index < -0.39 is 0 Å². The number of hydrogen-bond donors (Lipinski definition) is 1. The molecule has 0 aromatic heterocycles. The quantitative estimate of drug-likeness (QED) is 0.793. The summed E-state index contributed by atoms with van der Waals surface area (Å²) in [6.45, 7) is 4.96. The molecule has 0 radical (unpaired) electrons. The van der Waals surface area contributed by atoms with Crippen molar-refractivity contribution in [1.82, 2.24) is 15.1 Å². The Kier molecular flexibility index (Phi) is 5.31. The summed E-state index contributed by atoms with van der Waals surface area (Å²) in [5.41, 5.74) is 0. The number of carbonyl (C=O) groups is 2. The third-order valence-electron chi connectivity index (χ3n) is 5.01. The van der Waals surface area contributed by atoms with Gasteiger partial charge in [0.05, 0.1) is 25.2 Å². The maximum absolute atomic E-state index is 12.6. The zero-order valence-electron chi connectivity index (χ0n) is 13.3. The predicted molar refractivity (Wildman–Crippen MR) is 82.3 cm³/mol. The third kappa shape index (κ3) is 3.60. The zero-order valence-corrected chi connectivity index (χ0v) is 13.3. The summed E-state index contributed by atoms with van der Waals surface area (Å²) in [5, 5.41) is 3.32. The van der Waals surface area contributed by atoms with Crippen LogP contribution in [0.2, 0.25) is 0 Å². The van der Waals surface area contributed by atoms with Crippen molar-refractivity contribution in [2.24, 2.45) is 5.92 Å². The third-order valence-corrected chi connectivity index (χ3v) is 5.01. The molecule has 0 aliphatic carbocycles. The fraction of sp³-hybridized carbons (Fsp3) is 0.875. The highest BCUT2D eigenvalue weighted by Crippen LogP contribution is 2.21. The van der Waals surface area contributed by atoms with Gasteiger partial charge in [0.1, 0.15) is 0 Å². The number of nitrogens with one attached hydrogen (secondary N) is 1. The van der Waals surface area contributed by atoms with E-state index in [9.17, 15) is 9.59 Å². The molecule has 0 aromatic carbocycles. The van der Waals surface area contributed by atoms with E-state index in [1.807, 2.05) is 9.80 Å². The normalized spacial score (nSPS) is 30.2. The number of carbonyl (C=O) groups excluding carboxylic acids is 2. The number of amides is 2. The first-order valence-corrected chi connectivity index (χ1v) is 8.64. The summed E-state index contributed by atoms with van der Waals surface area (Å²) >= 11 is 0. The van der Waals surface area contributed by atoms with Gasteiger partial charge in [0, 0.05) is 26.2 Å². The lowest BCUT2D eigenvalue weighted by atomic mass is 9.94. The van der Waals surface area contributed by atoms with Gasteiger partial charge in [-0.15, -0.1) is 0 Å². The minimum Gasteiger partial charge on any atom is -0.378 e. The van der Waals surface area contributed by atoms with Gasteiger partial charge >= 0.3 is 0 Å². The molecule has 0 saturated carbocycles. The number of ether oxygens (including phenoxy) is 1. The van der Waals surface area contributed by atoms with E-state index in [-0.39, 0.29) is 23.8 Å². The minimum absolute atomic E-state index is 0.0283. The Morgan fingerprint density at radius 3 is 2.45 bits per heavy atom. The maximum Gasteiger partial charge on any atom is 0.239 e. The summed E-state index contributed by atoms with van der Waals surface area (Å²) in [7, 11) is 0. The molecular formula is C16H27N3O3. The van der Waals surface area contributed by atoms with Gasteiger partial charge in [0.2, 0.25) is 11.8 Å². The highest BCUT2D eigenvalue weighted by atomic mass is 16.5. The Morgan fingerprint density at radius 1 is 0.909 bits per heavy atom. The maximum atomic E-state index is 12.6. The molecule has 22 heavy (non-hydrogen) atoms. The molecule has 3 saturated heterocycles. The molecule has 3 aliphatic heterocycles. The molecule has 3 rings (SSSR count). The van der Waals surface area contributed by atoms with Gasteiger partial charge < -0.3 is 19.9 Å². The van der Waals surface area contributed by atoms with Crippen LogP contribution in [0.15, 0.2) is 0 Å². The van der Waals surface area contributed by atoms with Gasteiger partial charge in [0.15, 0.2) is 0 Å². The molecule has 0 spiro atoms. The van der Waals surface area contributed by atoms with Crippen molar-refractivity contribution in [3.05, 3.63) is 0 Å². The fourth-order valence-corrected chi connectivity index (χ4v) is 3.70. The standard InChI is InChI=1S/C16H27N3O3/c20-15(18-8-10-22-11-9-18)13-4-3-7-19(12-13)16(21)14-5-1-2-6-17-14/h13-14,17H,1-12H2. The van der Waals surface area contributed by atoms with Crippen LogP contribution in [0.25, 0.3) is 0 Å². The SMILES string of the molecule is O=C(C1CCCN(C(=O)C2CCCCN2)C1)N1CCOCC1. The number of likely N-dealkylation sites (tertiary alicyclic amines) is 1. The zero-order chi connectivity index (χ0) is 15.4. The first-order chi connectivity index (χ1) is 10.8. The summed E-state index contributed by atoms with van der Waals surface area (Å²) in [5.74, 6) is 0.371. The molecule has 1 N–H and O–H groups in total. The van der Waals surface area contributed by atoms with Crippen LogP contribution in [-0.4, -0.2) is 73.6 Å². The van der Waals surface area contributed by atoms with E-state index in [2.05, 4.69) is 5.32 Å². The van der Waals surface area contributed by atoms with Crippen LogP contribution in [0.4, 0.5) is 0 Å². The van der Waals surface area contributed by atoms with E-state index in [1.165, 1.54) is 0 Å². The average Bonchev–Trinajstić information content (AvgIpc) is 2.62. The lowest BCUT2D eigenvalue weighted by molar-refractivity contribution is -0.144. The van der Waals surface area contributed by atoms with Gasteiger partial charge in [0.25, 0.3) is 0 Å². The number of nitrogens with zero attached hydrogens (tertiary/aromatic N) is 2. The summed E-state index contributed by atoms with van der Waals surface area (Å²) < 4.78 is 5.31. The second-order valence-electron chi connectivity index (χ2n) is 6.56. The van der Waals surface area contributed by atoms with E-state index >= 15 is 0 Å². The van der Waals surface area contributed by atoms with Gasteiger partial charge in [-0.3, -0.25) is 9.59 Å². The van der Waals surface area contributed by atoms with Crippen LogP contribution in [0, 0.1) is 5.92 Å². The van der Waals surface area contributed by atoms with Crippen molar-refractivity contribution >= 4 is 11.8 Å². The molecule has 3 heterocycles. The molecular weight excluding hydrogens is 282 g/mol. The Hall–Kier alpha value is -1.14. The summed E-state index contributed by atoms with van der Waals surface area (Å²) in [6, 6.07) is -0.0361. The Balaban J connectivity index is 1.56. The highest BCUT2D eigenvalue weighted by Gasteiger charge is 2.34. The Morgan fingerprint density at radius 2 is 1.73 bits per heavy atom. The van der Waals surface area contributed by atoms with Crippen molar-refractivity contribution < 1.29 is 14.3 Å². The Labute approximate surface area is 132 Å². The minimum atomic E-state index is -0.0361. The van der Waals surface area contributed by atoms with Crippen molar-refractivity contribution in [2.45, 2.75) is 38.1 Å². The van der Waals surface area contributed by atoms with Gasteiger partial charge in [-0.2, -0.15) is 0 Å². The molecule has 0 bridgehead atoms. The molecule has 2 atom stereocenters. The van der Waals surface area contributed by atoms with Crippen LogP contribution in [0.3, 0.4) is 0 Å². The number of hydrogen-bond acceptors (Lipinski definition) is 4.